The molecule has 0 aliphatic carbocycles. The van der Waals surface area contributed by atoms with Crippen molar-refractivity contribution in [3.63, 3.8) is 0 Å². The van der Waals surface area contributed by atoms with Gasteiger partial charge in [0.05, 0.1) is 18.2 Å². The first-order valence-corrected chi connectivity index (χ1v) is 5.19. The Bertz CT molecular complexity index is 371. The standard InChI is InChI=1S/C12H15NO3/c1-3-14-9-16-11-6-5-10(8-13)7-12(11)15-4-2/h5-7H,3-4,9H2,1-2H3. The third-order valence-corrected chi connectivity index (χ3v) is 1.87. The summed E-state index contributed by atoms with van der Waals surface area (Å²) in [5, 5.41) is 8.76. The molecule has 0 amide bonds. The summed E-state index contributed by atoms with van der Waals surface area (Å²) < 4.78 is 15.8. The topological polar surface area (TPSA) is 51.5 Å². The number of ether oxygens (including phenoxy) is 3. The summed E-state index contributed by atoms with van der Waals surface area (Å²) in [6, 6.07) is 7.11. The minimum atomic E-state index is 0.183. The van der Waals surface area contributed by atoms with Gasteiger partial charge in [0.25, 0.3) is 0 Å². The van der Waals surface area contributed by atoms with E-state index in [1.165, 1.54) is 0 Å². The Morgan fingerprint density at radius 1 is 1.12 bits per heavy atom. The highest BCUT2D eigenvalue weighted by Gasteiger charge is 2.06. The van der Waals surface area contributed by atoms with Crippen LogP contribution < -0.4 is 9.47 Å². The van der Waals surface area contributed by atoms with Crippen molar-refractivity contribution in [3.8, 4) is 17.6 Å². The molecular formula is C12H15NO3. The first kappa shape index (κ1) is 12.3. The quantitative estimate of drug-likeness (QED) is 0.546. The maximum atomic E-state index is 8.76. The van der Waals surface area contributed by atoms with Gasteiger partial charge in [-0.05, 0) is 26.0 Å². The van der Waals surface area contributed by atoms with E-state index in [4.69, 9.17) is 19.5 Å². The first-order valence-electron chi connectivity index (χ1n) is 5.19. The van der Waals surface area contributed by atoms with Gasteiger partial charge in [0.2, 0.25) is 0 Å². The van der Waals surface area contributed by atoms with E-state index in [9.17, 15) is 0 Å². The van der Waals surface area contributed by atoms with Crippen LogP contribution in [0.3, 0.4) is 0 Å². The zero-order valence-corrected chi connectivity index (χ0v) is 9.53. The highest BCUT2D eigenvalue weighted by Crippen LogP contribution is 2.28. The first-order chi connectivity index (χ1) is 7.81. The Morgan fingerprint density at radius 3 is 2.56 bits per heavy atom. The van der Waals surface area contributed by atoms with E-state index in [0.29, 0.717) is 30.3 Å². The van der Waals surface area contributed by atoms with Crippen molar-refractivity contribution in [2.75, 3.05) is 20.0 Å². The fourth-order valence-corrected chi connectivity index (χ4v) is 1.15. The van der Waals surface area contributed by atoms with Crippen molar-refractivity contribution >= 4 is 0 Å². The summed E-state index contributed by atoms with van der Waals surface area (Å²) in [7, 11) is 0. The molecule has 0 aliphatic heterocycles. The second-order valence-electron chi connectivity index (χ2n) is 2.96. The van der Waals surface area contributed by atoms with Crippen LogP contribution in [0, 0.1) is 11.3 Å². The molecule has 0 spiro atoms. The molecular weight excluding hydrogens is 206 g/mol. The average Bonchev–Trinajstić information content (AvgIpc) is 2.31. The molecule has 4 heteroatoms. The highest BCUT2D eigenvalue weighted by molar-refractivity contribution is 5.46. The second-order valence-corrected chi connectivity index (χ2v) is 2.96. The zero-order chi connectivity index (χ0) is 11.8. The molecule has 4 nitrogen and oxygen atoms in total. The van der Waals surface area contributed by atoms with Crippen LogP contribution in [-0.2, 0) is 4.74 Å². The van der Waals surface area contributed by atoms with Crippen LogP contribution in [-0.4, -0.2) is 20.0 Å². The van der Waals surface area contributed by atoms with Crippen molar-refractivity contribution < 1.29 is 14.2 Å². The SMILES string of the molecule is CCOCOc1ccc(C#N)cc1OCC. The van der Waals surface area contributed by atoms with Gasteiger partial charge in [0.1, 0.15) is 0 Å². The van der Waals surface area contributed by atoms with Crippen molar-refractivity contribution in [1.82, 2.24) is 0 Å². The van der Waals surface area contributed by atoms with Gasteiger partial charge in [-0.3, -0.25) is 0 Å². The minimum absolute atomic E-state index is 0.183. The Kier molecular flexibility index (Phi) is 5.17. The normalized spacial score (nSPS) is 9.56. The number of hydrogen-bond donors (Lipinski definition) is 0. The number of nitrogens with zero attached hydrogens (tertiary/aromatic N) is 1. The van der Waals surface area contributed by atoms with Crippen molar-refractivity contribution in [2.45, 2.75) is 13.8 Å². The molecule has 0 heterocycles. The summed E-state index contributed by atoms with van der Waals surface area (Å²) in [6.45, 7) is 5.08. The Balaban J connectivity index is 2.77. The van der Waals surface area contributed by atoms with E-state index in [-0.39, 0.29) is 6.79 Å². The van der Waals surface area contributed by atoms with Gasteiger partial charge in [0, 0.05) is 12.7 Å². The zero-order valence-electron chi connectivity index (χ0n) is 9.53. The third kappa shape index (κ3) is 3.44. The highest BCUT2D eigenvalue weighted by atomic mass is 16.7. The predicted molar refractivity (Wildman–Crippen MR) is 59.4 cm³/mol. The molecule has 0 atom stereocenters. The van der Waals surface area contributed by atoms with Crippen LogP contribution in [0.2, 0.25) is 0 Å². The molecule has 0 unspecified atom stereocenters. The molecule has 0 aliphatic rings. The summed E-state index contributed by atoms with van der Waals surface area (Å²) >= 11 is 0. The summed E-state index contributed by atoms with van der Waals surface area (Å²) in [5.74, 6) is 1.16. The molecule has 0 bridgehead atoms. The van der Waals surface area contributed by atoms with Crippen molar-refractivity contribution in [1.29, 1.82) is 5.26 Å². The molecule has 0 radical (unpaired) electrons. The van der Waals surface area contributed by atoms with E-state index in [2.05, 4.69) is 6.07 Å². The van der Waals surface area contributed by atoms with E-state index >= 15 is 0 Å². The lowest BCUT2D eigenvalue weighted by molar-refractivity contribution is 0.0206. The van der Waals surface area contributed by atoms with Gasteiger partial charge < -0.3 is 14.2 Å². The number of benzene rings is 1. The van der Waals surface area contributed by atoms with Crippen LogP contribution in [0.25, 0.3) is 0 Å². The summed E-state index contributed by atoms with van der Waals surface area (Å²) in [6.07, 6.45) is 0. The average molecular weight is 221 g/mol. The molecule has 1 aromatic rings. The fourth-order valence-electron chi connectivity index (χ4n) is 1.15. The molecule has 0 fully saturated rings. The molecule has 0 aromatic heterocycles. The van der Waals surface area contributed by atoms with Crippen LogP contribution >= 0.6 is 0 Å². The molecule has 1 aromatic carbocycles. The lowest BCUT2D eigenvalue weighted by atomic mass is 10.2. The van der Waals surface area contributed by atoms with Crippen LogP contribution in [0.4, 0.5) is 0 Å². The van der Waals surface area contributed by atoms with Gasteiger partial charge in [-0.1, -0.05) is 0 Å². The molecule has 1 rings (SSSR count). The Morgan fingerprint density at radius 2 is 1.94 bits per heavy atom. The van der Waals surface area contributed by atoms with Crippen LogP contribution in [0.1, 0.15) is 19.4 Å². The Labute approximate surface area is 95.4 Å². The molecule has 86 valence electrons. The molecule has 16 heavy (non-hydrogen) atoms. The monoisotopic (exact) mass is 221 g/mol. The summed E-state index contributed by atoms with van der Waals surface area (Å²) in [4.78, 5) is 0. The lowest BCUT2D eigenvalue weighted by Gasteiger charge is -2.11. The van der Waals surface area contributed by atoms with Gasteiger partial charge in [-0.25, -0.2) is 0 Å². The van der Waals surface area contributed by atoms with E-state index in [1.54, 1.807) is 18.2 Å². The van der Waals surface area contributed by atoms with Crippen molar-refractivity contribution in [2.24, 2.45) is 0 Å². The lowest BCUT2D eigenvalue weighted by Crippen LogP contribution is -2.04. The number of nitriles is 1. The second kappa shape index (κ2) is 6.70. The summed E-state index contributed by atoms with van der Waals surface area (Å²) in [5.41, 5.74) is 0.548. The Hall–Kier alpha value is -1.73. The maximum absolute atomic E-state index is 8.76. The smallest absolute Gasteiger partial charge is 0.189 e. The van der Waals surface area contributed by atoms with Crippen LogP contribution in [0.15, 0.2) is 18.2 Å². The van der Waals surface area contributed by atoms with Crippen LogP contribution in [0.5, 0.6) is 11.5 Å². The van der Waals surface area contributed by atoms with Gasteiger partial charge in [0.15, 0.2) is 18.3 Å². The molecule has 0 saturated carbocycles. The molecule has 0 N–H and O–H groups in total. The van der Waals surface area contributed by atoms with Gasteiger partial charge in [-0.15, -0.1) is 0 Å². The van der Waals surface area contributed by atoms with E-state index < -0.39 is 0 Å². The van der Waals surface area contributed by atoms with Gasteiger partial charge in [-0.2, -0.15) is 5.26 Å². The number of hydrogen-bond acceptors (Lipinski definition) is 4. The van der Waals surface area contributed by atoms with E-state index in [0.717, 1.165) is 0 Å². The molecule has 0 saturated heterocycles. The predicted octanol–water partition coefficient (Wildman–Crippen LogP) is 2.33. The van der Waals surface area contributed by atoms with E-state index in [1.807, 2.05) is 13.8 Å². The fraction of sp³-hybridized carbons (Fsp3) is 0.417. The maximum Gasteiger partial charge on any atom is 0.189 e. The third-order valence-electron chi connectivity index (χ3n) is 1.87. The largest absolute Gasteiger partial charge is 0.490 e. The van der Waals surface area contributed by atoms with Gasteiger partial charge >= 0.3 is 0 Å². The minimum Gasteiger partial charge on any atom is -0.490 e. The number of rotatable bonds is 6. The van der Waals surface area contributed by atoms with Crippen molar-refractivity contribution in [3.05, 3.63) is 23.8 Å².